The zero-order valence-electron chi connectivity index (χ0n) is 20.7. The van der Waals surface area contributed by atoms with Crippen molar-refractivity contribution in [3.8, 4) is 0 Å². The maximum atomic E-state index is 11.5. The van der Waals surface area contributed by atoms with Crippen LogP contribution in [-0.4, -0.2) is 9.45 Å². The van der Waals surface area contributed by atoms with Gasteiger partial charge in [-0.25, -0.2) is 0 Å². The third-order valence-electron chi connectivity index (χ3n) is 6.82. The van der Waals surface area contributed by atoms with E-state index in [1.54, 1.807) is 0 Å². The van der Waals surface area contributed by atoms with Crippen LogP contribution in [0, 0.1) is 5.92 Å². The molecule has 3 heteroatoms. The monoisotopic (exact) mass is 583 g/mol. The molecular weight excluding hydrogens is 546 g/mol. The smallest absolute Gasteiger partial charge is 0.195 e. The molecule has 34 heavy (non-hydrogen) atoms. The largest absolute Gasteiger partial charge is 0.288 e. The zero-order chi connectivity index (χ0) is 24.4. The molecule has 0 spiro atoms. The SMILES string of the molecule is C/C(=C\CCC(C)[P+](c1ccccc1)(c1ccccc1)c1ccccc1)CCCC(C)C(=O)I. The van der Waals surface area contributed by atoms with E-state index in [1.165, 1.54) is 21.5 Å². The Bertz CT molecular complexity index is 950. The average Bonchev–Trinajstić information content (AvgIpc) is 2.86. The summed E-state index contributed by atoms with van der Waals surface area (Å²) in [5, 5.41) is 4.37. The molecule has 0 aliphatic rings. The van der Waals surface area contributed by atoms with Crippen molar-refractivity contribution in [1.29, 1.82) is 0 Å². The summed E-state index contributed by atoms with van der Waals surface area (Å²) in [4.78, 5) is 11.5. The molecule has 3 aromatic rings. The summed E-state index contributed by atoms with van der Waals surface area (Å²) in [6.07, 6.45) is 7.81. The molecule has 0 aliphatic heterocycles. The summed E-state index contributed by atoms with van der Waals surface area (Å²) in [7, 11) is -1.82. The van der Waals surface area contributed by atoms with Gasteiger partial charge >= 0.3 is 0 Å². The van der Waals surface area contributed by atoms with Crippen molar-refractivity contribution in [2.45, 2.75) is 58.5 Å². The summed E-state index contributed by atoms with van der Waals surface area (Å²) in [5.41, 5.74) is 1.96. The van der Waals surface area contributed by atoms with E-state index >= 15 is 0 Å². The van der Waals surface area contributed by atoms with E-state index in [1.807, 2.05) is 29.5 Å². The highest BCUT2D eigenvalue weighted by atomic mass is 127. The highest BCUT2D eigenvalue weighted by Crippen LogP contribution is 2.60. The Balaban J connectivity index is 1.86. The van der Waals surface area contributed by atoms with Gasteiger partial charge in [0.1, 0.15) is 23.2 Å². The Kier molecular flexibility index (Phi) is 10.5. The molecule has 0 heterocycles. The number of carbonyl (C=O) groups is 1. The highest BCUT2D eigenvalue weighted by molar-refractivity contribution is 14.1. The van der Waals surface area contributed by atoms with Gasteiger partial charge in [0.2, 0.25) is 0 Å². The van der Waals surface area contributed by atoms with Gasteiger partial charge in [-0.1, -0.05) is 73.2 Å². The van der Waals surface area contributed by atoms with E-state index in [0.717, 1.165) is 32.1 Å². The van der Waals surface area contributed by atoms with Crippen molar-refractivity contribution in [2.24, 2.45) is 5.92 Å². The van der Waals surface area contributed by atoms with Crippen LogP contribution in [0.3, 0.4) is 0 Å². The molecule has 2 atom stereocenters. The molecular formula is C31H37IOP+. The van der Waals surface area contributed by atoms with E-state index in [9.17, 15) is 4.79 Å². The highest BCUT2D eigenvalue weighted by Gasteiger charge is 2.49. The molecule has 0 aliphatic carbocycles. The van der Waals surface area contributed by atoms with Gasteiger partial charge in [-0.2, -0.15) is 0 Å². The third-order valence-corrected chi connectivity index (χ3v) is 12.8. The summed E-state index contributed by atoms with van der Waals surface area (Å²) >= 11 is 1.93. The standard InChI is InChI=1S/C31H37IOP/c1-25(15-13-17-26(2)31(32)33)16-14-18-27(3)34(28-19-7-4-8-20-28,29-21-9-5-10-22-29)30-23-11-6-12-24-30/h4-12,16,19-24,26-27H,13-15,17-18H2,1-3H3/q+1/b25-16+. The Morgan fingerprint density at radius 1 is 0.794 bits per heavy atom. The van der Waals surface area contributed by atoms with Crippen molar-refractivity contribution in [3.05, 3.63) is 103 Å². The third kappa shape index (κ3) is 6.67. The van der Waals surface area contributed by atoms with Crippen molar-refractivity contribution >= 4 is 49.6 Å². The molecule has 3 rings (SSSR count). The van der Waals surface area contributed by atoms with Gasteiger partial charge in [0.15, 0.2) is 3.79 Å². The second-order valence-corrected chi connectivity index (χ2v) is 14.2. The first kappa shape index (κ1) is 26.8. The van der Waals surface area contributed by atoms with Gasteiger partial charge in [0.05, 0.1) is 5.66 Å². The Morgan fingerprint density at radius 2 is 1.24 bits per heavy atom. The summed E-state index contributed by atoms with van der Waals surface area (Å²) in [5.74, 6) is 0.168. The van der Waals surface area contributed by atoms with Crippen LogP contribution in [0.4, 0.5) is 0 Å². The van der Waals surface area contributed by atoms with E-state index in [2.05, 4.69) is 111 Å². The number of benzene rings is 3. The molecule has 0 saturated carbocycles. The van der Waals surface area contributed by atoms with E-state index in [-0.39, 0.29) is 9.71 Å². The fourth-order valence-electron chi connectivity index (χ4n) is 4.87. The van der Waals surface area contributed by atoms with E-state index in [4.69, 9.17) is 0 Å². The van der Waals surface area contributed by atoms with Crippen molar-refractivity contribution in [3.63, 3.8) is 0 Å². The van der Waals surface area contributed by atoms with Crippen molar-refractivity contribution in [2.75, 3.05) is 0 Å². The normalized spacial score (nSPS) is 13.9. The predicted molar refractivity (Wildman–Crippen MR) is 160 cm³/mol. The molecule has 3 aromatic carbocycles. The molecule has 0 bridgehead atoms. The van der Waals surface area contributed by atoms with Gasteiger partial charge in [-0.15, -0.1) is 0 Å². The molecule has 2 unspecified atom stereocenters. The molecule has 0 radical (unpaired) electrons. The Labute approximate surface area is 220 Å². The predicted octanol–water partition coefficient (Wildman–Crippen LogP) is 7.86. The fraction of sp³-hybridized carbons (Fsp3) is 0.323. The first-order valence-electron chi connectivity index (χ1n) is 12.4. The van der Waals surface area contributed by atoms with Gasteiger partial charge in [-0.05, 0) is 105 Å². The zero-order valence-corrected chi connectivity index (χ0v) is 23.7. The lowest BCUT2D eigenvalue weighted by molar-refractivity contribution is -0.112. The van der Waals surface area contributed by atoms with Crippen LogP contribution in [0.1, 0.15) is 52.9 Å². The molecule has 0 aromatic heterocycles. The van der Waals surface area contributed by atoms with Crippen LogP contribution >= 0.6 is 29.9 Å². The van der Waals surface area contributed by atoms with Gasteiger partial charge < -0.3 is 0 Å². The summed E-state index contributed by atoms with van der Waals surface area (Å²) in [6, 6.07) is 33.5. The van der Waals surface area contributed by atoms with Crippen molar-refractivity contribution in [1.82, 2.24) is 0 Å². The maximum absolute atomic E-state index is 11.5. The van der Waals surface area contributed by atoms with E-state index in [0.29, 0.717) is 5.66 Å². The number of carbonyl (C=O) groups excluding carboxylic acids is 1. The molecule has 1 nitrogen and oxygen atoms in total. The van der Waals surface area contributed by atoms with Crippen LogP contribution in [-0.2, 0) is 4.79 Å². The minimum absolute atomic E-state index is 0.168. The van der Waals surface area contributed by atoms with Gasteiger partial charge in [-0.3, -0.25) is 4.79 Å². The lowest BCUT2D eigenvalue weighted by Gasteiger charge is -2.33. The summed E-state index contributed by atoms with van der Waals surface area (Å²) < 4.78 is 0.274. The molecule has 0 N–H and O–H groups in total. The van der Waals surface area contributed by atoms with Crippen LogP contribution in [0.2, 0.25) is 0 Å². The maximum Gasteiger partial charge on any atom is 0.195 e. The van der Waals surface area contributed by atoms with Crippen LogP contribution < -0.4 is 15.9 Å². The van der Waals surface area contributed by atoms with E-state index < -0.39 is 7.26 Å². The number of rotatable bonds is 12. The molecule has 178 valence electrons. The van der Waals surface area contributed by atoms with Crippen LogP contribution in [0.5, 0.6) is 0 Å². The summed E-state index contributed by atoms with van der Waals surface area (Å²) in [6.45, 7) is 6.74. The molecule has 0 saturated heterocycles. The Morgan fingerprint density at radius 3 is 1.65 bits per heavy atom. The Hall–Kier alpha value is -1.77. The quantitative estimate of drug-likeness (QED) is 0.0919. The van der Waals surface area contributed by atoms with Crippen LogP contribution in [0.15, 0.2) is 103 Å². The number of halogens is 1. The number of hydrogen-bond acceptors (Lipinski definition) is 1. The van der Waals surface area contributed by atoms with Crippen molar-refractivity contribution < 1.29 is 4.79 Å². The topological polar surface area (TPSA) is 17.1 Å². The first-order valence-corrected chi connectivity index (χ1v) is 15.3. The minimum atomic E-state index is -1.82. The van der Waals surface area contributed by atoms with Gasteiger partial charge in [0, 0.05) is 5.92 Å². The molecule has 0 fully saturated rings. The number of hydrogen-bond donors (Lipinski definition) is 0. The second kappa shape index (κ2) is 13.4. The average molecular weight is 584 g/mol. The molecule has 0 amide bonds. The lowest BCUT2D eigenvalue weighted by Crippen LogP contribution is -2.37. The second-order valence-electron chi connectivity index (χ2n) is 9.30. The van der Waals surface area contributed by atoms with Gasteiger partial charge in [0.25, 0.3) is 0 Å². The van der Waals surface area contributed by atoms with Crippen LogP contribution in [0.25, 0.3) is 0 Å². The first-order chi connectivity index (χ1) is 16.5. The fourth-order valence-corrected chi connectivity index (χ4v) is 10.1. The minimum Gasteiger partial charge on any atom is -0.288 e. The number of allylic oxidation sites excluding steroid dienone is 2. The lowest BCUT2D eigenvalue weighted by atomic mass is 10.0.